The van der Waals surface area contributed by atoms with Crippen LogP contribution < -0.4 is 16.0 Å². The number of nitrogens with zero attached hydrogens (tertiary/aromatic N) is 1. The highest BCUT2D eigenvalue weighted by Gasteiger charge is 2.23. The molecule has 130 valence electrons. The normalized spacial score (nSPS) is 14.5. The Morgan fingerprint density at radius 3 is 2.46 bits per heavy atom. The van der Waals surface area contributed by atoms with Crippen LogP contribution >= 0.6 is 0 Å². The molecule has 1 aliphatic carbocycles. The third kappa shape index (κ3) is 5.61. The van der Waals surface area contributed by atoms with Gasteiger partial charge in [-0.05, 0) is 44.4 Å². The largest absolute Gasteiger partial charge is 0.335 e. The zero-order chi connectivity index (χ0) is 17.7. The van der Waals surface area contributed by atoms with Crippen molar-refractivity contribution in [1.82, 2.24) is 15.5 Å². The van der Waals surface area contributed by atoms with Gasteiger partial charge in [-0.15, -0.1) is 0 Å². The second-order valence-electron chi connectivity index (χ2n) is 6.48. The number of likely N-dealkylation sites (N-methyl/N-ethyl adjacent to an activating group) is 1. The molecule has 3 N–H and O–H groups in total. The highest BCUT2D eigenvalue weighted by Crippen LogP contribution is 2.19. The molecule has 2 rings (SSSR count). The van der Waals surface area contributed by atoms with Crippen LogP contribution in [0.15, 0.2) is 36.4 Å². The van der Waals surface area contributed by atoms with Crippen molar-refractivity contribution in [2.75, 3.05) is 18.9 Å². The summed E-state index contributed by atoms with van der Waals surface area (Å²) < 4.78 is 0. The van der Waals surface area contributed by atoms with E-state index in [-0.39, 0.29) is 18.1 Å². The van der Waals surface area contributed by atoms with E-state index in [2.05, 4.69) is 22.5 Å². The van der Waals surface area contributed by atoms with Crippen molar-refractivity contribution in [3.05, 3.63) is 42.0 Å². The van der Waals surface area contributed by atoms with Gasteiger partial charge in [0.15, 0.2) is 0 Å². The van der Waals surface area contributed by atoms with Crippen molar-refractivity contribution < 1.29 is 9.59 Å². The van der Waals surface area contributed by atoms with Crippen LogP contribution in [0.5, 0.6) is 0 Å². The highest BCUT2D eigenvalue weighted by molar-refractivity contribution is 5.89. The first-order chi connectivity index (χ1) is 11.3. The molecule has 4 amide bonds. The van der Waals surface area contributed by atoms with E-state index < -0.39 is 0 Å². The maximum Gasteiger partial charge on any atom is 0.319 e. The molecule has 1 aliphatic rings. The maximum atomic E-state index is 12.1. The number of nitrogens with one attached hydrogen (secondary N) is 3. The van der Waals surface area contributed by atoms with Crippen LogP contribution in [0.2, 0.25) is 0 Å². The molecule has 0 aromatic heterocycles. The van der Waals surface area contributed by atoms with Gasteiger partial charge in [0.2, 0.25) is 0 Å². The number of benzene rings is 1. The molecule has 0 spiro atoms. The van der Waals surface area contributed by atoms with E-state index in [1.807, 2.05) is 38.1 Å². The maximum absolute atomic E-state index is 12.1. The summed E-state index contributed by atoms with van der Waals surface area (Å²) in [6.45, 7) is 8.15. The lowest BCUT2D eigenvalue weighted by molar-refractivity contribution is 0.209. The average molecular weight is 330 g/mol. The Hall–Kier alpha value is -2.50. The van der Waals surface area contributed by atoms with E-state index in [0.717, 1.165) is 29.7 Å². The summed E-state index contributed by atoms with van der Waals surface area (Å²) >= 11 is 0. The third-order valence-electron chi connectivity index (χ3n) is 3.77. The standard InChI is InChI=1S/C18H26N4O2/c1-12(2)11-22(4)18(24)19-13(3)14-5-7-15(8-6-14)20-17(23)21-16-9-10-16/h5-8,13,16H,1,9-11H2,2-4H3,(H,19,24)(H2,20,21,23). The van der Waals surface area contributed by atoms with E-state index in [0.29, 0.717) is 12.6 Å². The van der Waals surface area contributed by atoms with Gasteiger partial charge in [0.1, 0.15) is 0 Å². The van der Waals surface area contributed by atoms with Gasteiger partial charge in [-0.25, -0.2) is 9.59 Å². The SMILES string of the molecule is C=C(C)CN(C)C(=O)NC(C)c1ccc(NC(=O)NC2CC2)cc1. The van der Waals surface area contributed by atoms with Gasteiger partial charge in [0.25, 0.3) is 0 Å². The van der Waals surface area contributed by atoms with Crippen LogP contribution in [0.3, 0.4) is 0 Å². The van der Waals surface area contributed by atoms with Crippen LogP contribution in [0.25, 0.3) is 0 Å². The van der Waals surface area contributed by atoms with Crippen molar-refractivity contribution >= 4 is 17.7 Å². The zero-order valence-corrected chi connectivity index (χ0v) is 14.6. The van der Waals surface area contributed by atoms with Gasteiger partial charge in [0, 0.05) is 25.3 Å². The molecule has 6 heteroatoms. The van der Waals surface area contributed by atoms with Crippen LogP contribution in [0, 0.1) is 0 Å². The molecule has 0 aliphatic heterocycles. The van der Waals surface area contributed by atoms with Crippen molar-refractivity contribution in [3.8, 4) is 0 Å². The summed E-state index contributed by atoms with van der Waals surface area (Å²) in [5, 5.41) is 8.62. The molecule has 1 unspecified atom stereocenters. The molecule has 0 saturated heterocycles. The Balaban J connectivity index is 1.85. The number of carbonyl (C=O) groups is 2. The summed E-state index contributed by atoms with van der Waals surface area (Å²) in [5.74, 6) is 0. The predicted molar refractivity (Wildman–Crippen MR) is 96.0 cm³/mol. The first-order valence-electron chi connectivity index (χ1n) is 8.18. The predicted octanol–water partition coefficient (Wildman–Crippen LogP) is 3.25. The molecule has 0 heterocycles. The third-order valence-corrected chi connectivity index (χ3v) is 3.77. The molecular formula is C18H26N4O2. The van der Waals surface area contributed by atoms with Crippen LogP contribution in [0.4, 0.5) is 15.3 Å². The van der Waals surface area contributed by atoms with E-state index in [1.165, 1.54) is 0 Å². The number of carbonyl (C=O) groups excluding carboxylic acids is 2. The second-order valence-corrected chi connectivity index (χ2v) is 6.48. The van der Waals surface area contributed by atoms with E-state index in [9.17, 15) is 9.59 Å². The minimum absolute atomic E-state index is 0.126. The molecule has 0 bridgehead atoms. The number of rotatable bonds is 6. The Kier molecular flexibility index (Phi) is 5.84. The minimum Gasteiger partial charge on any atom is -0.335 e. The fourth-order valence-electron chi connectivity index (χ4n) is 2.29. The summed E-state index contributed by atoms with van der Waals surface area (Å²) in [4.78, 5) is 25.4. The average Bonchev–Trinajstić information content (AvgIpc) is 3.30. The molecule has 6 nitrogen and oxygen atoms in total. The summed E-state index contributed by atoms with van der Waals surface area (Å²) in [6.07, 6.45) is 2.12. The molecule has 0 radical (unpaired) electrons. The van der Waals surface area contributed by atoms with Crippen molar-refractivity contribution in [2.45, 2.75) is 38.8 Å². The van der Waals surface area contributed by atoms with Gasteiger partial charge in [0.05, 0.1) is 6.04 Å². The fraction of sp³-hybridized carbons (Fsp3) is 0.444. The molecule has 24 heavy (non-hydrogen) atoms. The number of amides is 4. The molecule has 1 aromatic carbocycles. The van der Waals surface area contributed by atoms with Crippen LogP contribution in [-0.4, -0.2) is 36.6 Å². The summed E-state index contributed by atoms with van der Waals surface area (Å²) in [7, 11) is 1.74. The number of anilines is 1. The number of hydrogen-bond donors (Lipinski definition) is 3. The Labute approximate surface area is 143 Å². The minimum atomic E-state index is -0.173. The Morgan fingerprint density at radius 1 is 1.29 bits per heavy atom. The van der Waals surface area contributed by atoms with E-state index in [4.69, 9.17) is 0 Å². The van der Waals surface area contributed by atoms with E-state index >= 15 is 0 Å². The quantitative estimate of drug-likeness (QED) is 0.701. The first-order valence-corrected chi connectivity index (χ1v) is 8.18. The van der Waals surface area contributed by atoms with Gasteiger partial charge in [-0.1, -0.05) is 24.3 Å². The number of urea groups is 2. The molecule has 1 aromatic rings. The van der Waals surface area contributed by atoms with Crippen molar-refractivity contribution in [3.63, 3.8) is 0 Å². The van der Waals surface area contributed by atoms with Crippen LogP contribution in [-0.2, 0) is 0 Å². The summed E-state index contributed by atoms with van der Waals surface area (Å²) in [5.41, 5.74) is 2.63. The lowest BCUT2D eigenvalue weighted by atomic mass is 10.1. The summed E-state index contributed by atoms with van der Waals surface area (Å²) in [6, 6.07) is 7.36. The molecular weight excluding hydrogens is 304 g/mol. The van der Waals surface area contributed by atoms with E-state index in [1.54, 1.807) is 11.9 Å². The monoisotopic (exact) mass is 330 g/mol. The van der Waals surface area contributed by atoms with Gasteiger partial charge in [-0.2, -0.15) is 0 Å². The Morgan fingerprint density at radius 2 is 1.92 bits per heavy atom. The van der Waals surface area contributed by atoms with Gasteiger partial charge < -0.3 is 20.9 Å². The molecule has 1 atom stereocenters. The topological polar surface area (TPSA) is 73.5 Å². The van der Waals surface area contributed by atoms with Crippen molar-refractivity contribution in [2.24, 2.45) is 0 Å². The van der Waals surface area contributed by atoms with Crippen molar-refractivity contribution in [1.29, 1.82) is 0 Å². The molecule has 1 saturated carbocycles. The van der Waals surface area contributed by atoms with Crippen LogP contribution in [0.1, 0.15) is 38.3 Å². The zero-order valence-electron chi connectivity index (χ0n) is 14.6. The first kappa shape index (κ1) is 17.8. The second kappa shape index (κ2) is 7.86. The lowest BCUT2D eigenvalue weighted by Crippen LogP contribution is -2.39. The van der Waals surface area contributed by atoms with Gasteiger partial charge in [-0.3, -0.25) is 0 Å². The van der Waals surface area contributed by atoms with Gasteiger partial charge >= 0.3 is 12.1 Å². The smallest absolute Gasteiger partial charge is 0.319 e. The fourth-order valence-corrected chi connectivity index (χ4v) is 2.29. The number of hydrogen-bond acceptors (Lipinski definition) is 2. The Bertz CT molecular complexity index is 608. The highest BCUT2D eigenvalue weighted by atomic mass is 16.2. The lowest BCUT2D eigenvalue weighted by Gasteiger charge is -2.22. The molecule has 1 fully saturated rings.